The zero-order chi connectivity index (χ0) is 22.6. The molecule has 3 N–H and O–H groups in total. The van der Waals surface area contributed by atoms with Gasteiger partial charge in [-0.3, -0.25) is 20.3 Å². The van der Waals surface area contributed by atoms with E-state index in [1.54, 1.807) is 19.1 Å². The lowest BCUT2D eigenvalue weighted by Gasteiger charge is -2.12. The van der Waals surface area contributed by atoms with Crippen LogP contribution in [0.4, 0.5) is 17.1 Å². The average Bonchev–Trinajstić information content (AvgIpc) is 2.74. The third-order valence-electron chi connectivity index (χ3n) is 4.19. The molecule has 9 nitrogen and oxygen atoms in total. The van der Waals surface area contributed by atoms with Gasteiger partial charge in [-0.1, -0.05) is 11.6 Å². The van der Waals surface area contributed by atoms with E-state index in [4.69, 9.17) is 11.6 Å². The topological polar surface area (TPSA) is 134 Å². The number of aromatic hydroxyl groups is 1. The van der Waals surface area contributed by atoms with Crippen LogP contribution in [0.5, 0.6) is 5.75 Å². The molecule has 31 heavy (non-hydrogen) atoms. The number of phenols is 1. The summed E-state index contributed by atoms with van der Waals surface area (Å²) < 4.78 is 28.3. The summed E-state index contributed by atoms with van der Waals surface area (Å²) in [6, 6.07) is 15.6. The standard InChI is InChI=1S/C20H17ClN4O5S/c1-13(14-2-9-18(26)10-3-14)22-23-19-11-8-17(25(27)28)12-20(19)31(29,30)24-16-6-4-15(21)5-7-16/h2-12,23-24,26H,1H3. The number of hydrazone groups is 1. The van der Waals surface area contributed by atoms with E-state index in [0.29, 0.717) is 16.3 Å². The second kappa shape index (κ2) is 9.02. The number of sulfonamides is 1. The Balaban J connectivity index is 1.96. The van der Waals surface area contributed by atoms with Crippen molar-refractivity contribution >= 4 is 44.4 Å². The third kappa shape index (κ3) is 5.50. The lowest BCUT2D eigenvalue weighted by Crippen LogP contribution is -2.15. The fourth-order valence-corrected chi connectivity index (χ4v) is 3.94. The first-order valence-electron chi connectivity index (χ1n) is 8.82. The van der Waals surface area contributed by atoms with Crippen molar-refractivity contribution in [3.05, 3.63) is 87.4 Å². The van der Waals surface area contributed by atoms with Crippen molar-refractivity contribution in [3.63, 3.8) is 0 Å². The van der Waals surface area contributed by atoms with Gasteiger partial charge in [0.15, 0.2) is 0 Å². The highest BCUT2D eigenvalue weighted by atomic mass is 35.5. The molecule has 0 amide bonds. The summed E-state index contributed by atoms with van der Waals surface area (Å²) in [5.74, 6) is 0.0986. The third-order valence-corrected chi connectivity index (χ3v) is 5.86. The first-order valence-corrected chi connectivity index (χ1v) is 10.7. The summed E-state index contributed by atoms with van der Waals surface area (Å²) >= 11 is 5.82. The van der Waals surface area contributed by atoms with Crippen LogP contribution in [0.3, 0.4) is 0 Å². The van der Waals surface area contributed by atoms with Gasteiger partial charge in [0.05, 0.1) is 16.3 Å². The van der Waals surface area contributed by atoms with Crippen LogP contribution in [-0.4, -0.2) is 24.2 Å². The van der Waals surface area contributed by atoms with Crippen LogP contribution in [0, 0.1) is 10.1 Å². The Bertz CT molecular complexity index is 1240. The van der Waals surface area contributed by atoms with E-state index in [0.717, 1.165) is 6.07 Å². The number of nitro benzene ring substituents is 1. The number of nitro groups is 1. The van der Waals surface area contributed by atoms with Gasteiger partial charge in [-0.25, -0.2) is 8.42 Å². The fraction of sp³-hybridized carbons (Fsp3) is 0.0500. The van der Waals surface area contributed by atoms with Gasteiger partial charge >= 0.3 is 0 Å². The number of hydrogen-bond donors (Lipinski definition) is 3. The smallest absolute Gasteiger partial charge is 0.270 e. The van der Waals surface area contributed by atoms with E-state index < -0.39 is 14.9 Å². The zero-order valence-electron chi connectivity index (χ0n) is 16.1. The SMILES string of the molecule is CC(=NNc1ccc([N+](=O)[O-])cc1S(=O)(=O)Nc1ccc(Cl)cc1)c1ccc(O)cc1. The fourth-order valence-electron chi connectivity index (χ4n) is 2.58. The van der Waals surface area contributed by atoms with Gasteiger partial charge in [0.25, 0.3) is 15.7 Å². The van der Waals surface area contributed by atoms with Gasteiger partial charge < -0.3 is 5.11 Å². The van der Waals surface area contributed by atoms with Crippen LogP contribution in [-0.2, 0) is 10.0 Å². The van der Waals surface area contributed by atoms with E-state index in [9.17, 15) is 23.6 Å². The Labute approximate surface area is 183 Å². The molecule has 3 aromatic rings. The summed E-state index contributed by atoms with van der Waals surface area (Å²) in [6.07, 6.45) is 0. The van der Waals surface area contributed by atoms with Crippen molar-refractivity contribution in [1.29, 1.82) is 0 Å². The molecule has 0 saturated carbocycles. The van der Waals surface area contributed by atoms with Gasteiger partial charge in [0.1, 0.15) is 10.6 Å². The highest BCUT2D eigenvalue weighted by Gasteiger charge is 2.23. The molecule has 0 aliphatic rings. The number of non-ortho nitro benzene ring substituents is 1. The first kappa shape index (κ1) is 22.1. The highest BCUT2D eigenvalue weighted by Crippen LogP contribution is 2.29. The van der Waals surface area contributed by atoms with Crippen molar-refractivity contribution in [2.24, 2.45) is 5.10 Å². The maximum Gasteiger partial charge on any atom is 0.270 e. The van der Waals surface area contributed by atoms with Crippen molar-refractivity contribution in [3.8, 4) is 5.75 Å². The lowest BCUT2D eigenvalue weighted by molar-refractivity contribution is -0.385. The Morgan fingerprint density at radius 3 is 2.32 bits per heavy atom. The molecule has 3 aromatic carbocycles. The molecule has 0 saturated heterocycles. The van der Waals surface area contributed by atoms with Crippen LogP contribution in [0.1, 0.15) is 12.5 Å². The minimum absolute atomic E-state index is 0.0465. The molecule has 0 heterocycles. The number of anilines is 2. The number of rotatable bonds is 7. The van der Waals surface area contributed by atoms with Gasteiger partial charge in [0.2, 0.25) is 0 Å². The van der Waals surface area contributed by atoms with Crippen LogP contribution >= 0.6 is 11.6 Å². The second-order valence-electron chi connectivity index (χ2n) is 6.41. The molecule has 0 radical (unpaired) electrons. The zero-order valence-corrected chi connectivity index (χ0v) is 17.7. The van der Waals surface area contributed by atoms with E-state index >= 15 is 0 Å². The van der Waals surface area contributed by atoms with Crippen molar-refractivity contribution in [2.75, 3.05) is 10.1 Å². The van der Waals surface area contributed by atoms with Crippen molar-refractivity contribution in [1.82, 2.24) is 0 Å². The molecule has 0 fully saturated rings. The molecule has 0 aliphatic carbocycles. The maximum absolute atomic E-state index is 13.0. The molecular weight excluding hydrogens is 444 g/mol. The van der Waals surface area contributed by atoms with Crippen LogP contribution in [0.2, 0.25) is 5.02 Å². The monoisotopic (exact) mass is 460 g/mol. The average molecular weight is 461 g/mol. The molecule has 0 spiro atoms. The second-order valence-corrected chi connectivity index (χ2v) is 8.49. The molecule has 0 bridgehead atoms. The number of nitrogens with zero attached hydrogens (tertiary/aromatic N) is 2. The maximum atomic E-state index is 13.0. The number of hydrogen-bond acceptors (Lipinski definition) is 7. The molecule has 0 unspecified atom stereocenters. The number of benzene rings is 3. The Morgan fingerprint density at radius 2 is 1.71 bits per heavy atom. The van der Waals surface area contributed by atoms with Gasteiger partial charge in [-0.15, -0.1) is 0 Å². The first-order chi connectivity index (χ1) is 14.7. The molecule has 0 aromatic heterocycles. The minimum atomic E-state index is -4.19. The number of phenolic OH excluding ortho intramolecular Hbond substituents is 1. The Kier molecular flexibility index (Phi) is 6.42. The molecule has 0 aliphatic heterocycles. The Morgan fingerprint density at radius 1 is 1.06 bits per heavy atom. The van der Waals surface area contributed by atoms with E-state index in [1.165, 1.54) is 48.5 Å². The van der Waals surface area contributed by atoms with Crippen LogP contribution in [0.15, 0.2) is 76.7 Å². The van der Waals surface area contributed by atoms with Crippen molar-refractivity contribution in [2.45, 2.75) is 11.8 Å². The lowest BCUT2D eigenvalue weighted by atomic mass is 10.1. The highest BCUT2D eigenvalue weighted by molar-refractivity contribution is 7.92. The van der Waals surface area contributed by atoms with Crippen LogP contribution in [0.25, 0.3) is 0 Å². The van der Waals surface area contributed by atoms with E-state index in [2.05, 4.69) is 15.2 Å². The quantitative estimate of drug-likeness (QED) is 0.268. The molecule has 0 atom stereocenters. The summed E-state index contributed by atoms with van der Waals surface area (Å²) in [7, 11) is -4.19. The predicted octanol–water partition coefficient (Wildman–Crippen LogP) is 4.59. The van der Waals surface area contributed by atoms with E-state index in [1.807, 2.05) is 0 Å². The summed E-state index contributed by atoms with van der Waals surface area (Å²) in [4.78, 5) is 10.1. The van der Waals surface area contributed by atoms with E-state index in [-0.39, 0.29) is 27.7 Å². The molecule has 3 rings (SSSR count). The molecular formula is C20H17ClN4O5S. The largest absolute Gasteiger partial charge is 0.508 e. The summed E-state index contributed by atoms with van der Waals surface area (Å²) in [6.45, 7) is 1.69. The van der Waals surface area contributed by atoms with Crippen molar-refractivity contribution < 1.29 is 18.4 Å². The van der Waals surface area contributed by atoms with Gasteiger partial charge in [-0.2, -0.15) is 5.10 Å². The van der Waals surface area contributed by atoms with Gasteiger partial charge in [-0.05, 0) is 67.1 Å². The summed E-state index contributed by atoms with van der Waals surface area (Å²) in [5.41, 5.74) is 3.75. The Hall–Kier alpha value is -3.63. The summed E-state index contributed by atoms with van der Waals surface area (Å²) in [5, 5.41) is 25.2. The number of nitrogens with one attached hydrogen (secondary N) is 2. The minimum Gasteiger partial charge on any atom is -0.508 e. The van der Waals surface area contributed by atoms with Gasteiger partial charge in [0, 0.05) is 22.8 Å². The molecule has 160 valence electrons. The predicted molar refractivity (Wildman–Crippen MR) is 119 cm³/mol. The van der Waals surface area contributed by atoms with Crippen LogP contribution < -0.4 is 10.1 Å². The number of halogens is 1. The normalized spacial score (nSPS) is 11.7. The molecule has 11 heteroatoms.